The molecule has 3 heteroatoms. The molecule has 0 saturated heterocycles. The molecule has 3 nitrogen and oxygen atoms in total. The zero-order valence-electron chi connectivity index (χ0n) is 11.8. The van der Waals surface area contributed by atoms with Crippen LogP contribution in [-0.2, 0) is 0 Å². The number of nitriles is 1. The van der Waals surface area contributed by atoms with Gasteiger partial charge in [0.1, 0.15) is 5.75 Å². The van der Waals surface area contributed by atoms with Gasteiger partial charge in [-0.1, -0.05) is 43.7 Å². The summed E-state index contributed by atoms with van der Waals surface area (Å²) in [6.45, 7) is 2.02. The fourth-order valence-electron chi connectivity index (χ4n) is 2.55. The highest BCUT2D eigenvalue weighted by Crippen LogP contribution is 2.35. The maximum Gasteiger partial charge on any atom is 0.126 e. The third-order valence-corrected chi connectivity index (χ3v) is 3.60. The minimum atomic E-state index is -0.768. The average Bonchev–Trinajstić information content (AvgIpc) is 2.50. The zero-order valence-corrected chi connectivity index (χ0v) is 11.8. The number of benzene rings is 2. The predicted molar refractivity (Wildman–Crippen MR) is 79.5 cm³/mol. The van der Waals surface area contributed by atoms with Crippen LogP contribution in [0.5, 0.6) is 5.75 Å². The quantitative estimate of drug-likeness (QED) is 0.897. The molecular formula is C17H19NO2. The van der Waals surface area contributed by atoms with Gasteiger partial charge in [0, 0.05) is 5.39 Å². The van der Waals surface area contributed by atoms with Gasteiger partial charge in [-0.15, -0.1) is 0 Å². The lowest BCUT2D eigenvalue weighted by Crippen LogP contribution is -2.11. The Labute approximate surface area is 119 Å². The zero-order chi connectivity index (χ0) is 14.5. The minimum absolute atomic E-state index is 0.378. The summed E-state index contributed by atoms with van der Waals surface area (Å²) in [5, 5.41) is 21.6. The Balaban J connectivity index is 2.53. The Bertz CT molecular complexity index is 630. The van der Waals surface area contributed by atoms with Crippen LogP contribution in [0.25, 0.3) is 10.8 Å². The molecule has 104 valence electrons. The van der Waals surface area contributed by atoms with Gasteiger partial charge < -0.3 is 9.84 Å². The highest BCUT2D eigenvalue weighted by atomic mass is 16.5. The highest BCUT2D eigenvalue weighted by Gasteiger charge is 2.22. The van der Waals surface area contributed by atoms with Gasteiger partial charge in [0.2, 0.25) is 0 Å². The maximum atomic E-state index is 10.5. The van der Waals surface area contributed by atoms with Crippen LogP contribution >= 0.6 is 0 Å². The van der Waals surface area contributed by atoms with Gasteiger partial charge in [-0.2, -0.15) is 5.26 Å². The molecule has 0 radical (unpaired) electrons. The fraction of sp³-hybridized carbons (Fsp3) is 0.353. The number of hydrogen-bond acceptors (Lipinski definition) is 3. The van der Waals surface area contributed by atoms with E-state index in [2.05, 4.69) is 6.07 Å². The Morgan fingerprint density at radius 2 is 1.90 bits per heavy atom. The summed E-state index contributed by atoms with van der Waals surface area (Å²) in [6, 6.07) is 13.7. The number of nitrogens with zero attached hydrogens (tertiary/aromatic N) is 1. The molecule has 1 N–H and O–H groups in total. The summed E-state index contributed by atoms with van der Waals surface area (Å²) in [7, 11) is 1.63. The Kier molecular flexibility index (Phi) is 4.60. The normalized spacial score (nSPS) is 13.7. The lowest BCUT2D eigenvalue weighted by molar-refractivity contribution is 0.131. The molecule has 0 saturated carbocycles. The molecule has 2 rings (SSSR count). The molecule has 2 aromatic carbocycles. The number of rotatable bonds is 5. The second kappa shape index (κ2) is 6.40. The second-order valence-electron chi connectivity index (χ2n) is 4.87. The van der Waals surface area contributed by atoms with E-state index in [1.54, 1.807) is 7.11 Å². The van der Waals surface area contributed by atoms with Gasteiger partial charge in [0.05, 0.1) is 25.2 Å². The van der Waals surface area contributed by atoms with E-state index in [1.165, 1.54) is 0 Å². The molecule has 2 unspecified atom stereocenters. The Morgan fingerprint density at radius 3 is 2.50 bits per heavy atom. The van der Waals surface area contributed by atoms with Gasteiger partial charge in [-0.05, 0) is 23.4 Å². The number of methoxy groups -OCH3 is 1. The van der Waals surface area contributed by atoms with E-state index < -0.39 is 6.10 Å². The van der Waals surface area contributed by atoms with Gasteiger partial charge in [-0.25, -0.2) is 0 Å². The number of aliphatic hydroxyl groups is 1. The van der Waals surface area contributed by atoms with Gasteiger partial charge in [-0.3, -0.25) is 0 Å². The summed E-state index contributed by atoms with van der Waals surface area (Å²) < 4.78 is 5.35. The molecule has 20 heavy (non-hydrogen) atoms. The van der Waals surface area contributed by atoms with E-state index in [9.17, 15) is 10.4 Å². The largest absolute Gasteiger partial charge is 0.496 e. The summed E-state index contributed by atoms with van der Waals surface area (Å²) in [5.41, 5.74) is 0.793. The van der Waals surface area contributed by atoms with E-state index in [-0.39, 0.29) is 5.92 Å². The van der Waals surface area contributed by atoms with Crippen molar-refractivity contribution in [1.82, 2.24) is 0 Å². The first-order valence-corrected chi connectivity index (χ1v) is 6.86. The van der Waals surface area contributed by atoms with Crippen molar-refractivity contribution >= 4 is 10.8 Å². The van der Waals surface area contributed by atoms with Gasteiger partial charge in [0.25, 0.3) is 0 Å². The Morgan fingerprint density at radius 1 is 1.20 bits per heavy atom. The summed E-state index contributed by atoms with van der Waals surface area (Å²) in [4.78, 5) is 0. The standard InChI is InChI=1S/C17H19NO2/c1-3-6-12(11-18)17(19)15-9-10-16(20-2)14-8-5-4-7-13(14)15/h4-5,7-10,12,17,19H,3,6H2,1-2H3. The molecule has 0 fully saturated rings. The van der Waals surface area contributed by atoms with Crippen LogP contribution < -0.4 is 4.74 Å². The van der Waals surface area contributed by atoms with Crippen LogP contribution in [0.3, 0.4) is 0 Å². The minimum Gasteiger partial charge on any atom is -0.496 e. The van der Waals surface area contributed by atoms with Crippen LogP contribution in [0.2, 0.25) is 0 Å². The summed E-state index contributed by atoms with van der Waals surface area (Å²) in [6.07, 6.45) is 0.803. The van der Waals surface area contributed by atoms with Crippen LogP contribution in [0.1, 0.15) is 31.4 Å². The third-order valence-electron chi connectivity index (χ3n) is 3.60. The van der Waals surface area contributed by atoms with E-state index in [0.717, 1.165) is 28.5 Å². The molecule has 0 bridgehead atoms. The molecular weight excluding hydrogens is 250 g/mol. The smallest absolute Gasteiger partial charge is 0.126 e. The van der Waals surface area contributed by atoms with Crippen molar-refractivity contribution in [3.63, 3.8) is 0 Å². The van der Waals surface area contributed by atoms with E-state index in [0.29, 0.717) is 6.42 Å². The monoisotopic (exact) mass is 269 g/mol. The van der Waals surface area contributed by atoms with Crippen molar-refractivity contribution in [2.75, 3.05) is 7.11 Å². The van der Waals surface area contributed by atoms with Crippen LogP contribution in [-0.4, -0.2) is 12.2 Å². The second-order valence-corrected chi connectivity index (χ2v) is 4.87. The molecule has 0 aliphatic rings. The number of hydrogen-bond donors (Lipinski definition) is 1. The van der Waals surface area contributed by atoms with Crippen molar-refractivity contribution in [3.05, 3.63) is 42.0 Å². The predicted octanol–water partition coefficient (Wildman–Crippen LogP) is 3.82. The number of ether oxygens (including phenoxy) is 1. The van der Waals surface area contributed by atoms with E-state index >= 15 is 0 Å². The average molecular weight is 269 g/mol. The third kappa shape index (κ3) is 2.61. The lowest BCUT2D eigenvalue weighted by atomic mass is 9.90. The molecule has 0 heterocycles. The molecule has 2 atom stereocenters. The molecule has 2 aromatic rings. The van der Waals surface area contributed by atoms with E-state index in [1.807, 2.05) is 43.3 Å². The maximum absolute atomic E-state index is 10.5. The van der Waals surface area contributed by atoms with Crippen molar-refractivity contribution in [3.8, 4) is 11.8 Å². The van der Waals surface area contributed by atoms with Crippen LogP contribution in [0.4, 0.5) is 0 Å². The van der Waals surface area contributed by atoms with Crippen molar-refractivity contribution in [2.24, 2.45) is 5.92 Å². The van der Waals surface area contributed by atoms with E-state index in [4.69, 9.17) is 4.74 Å². The summed E-state index contributed by atoms with van der Waals surface area (Å²) in [5.74, 6) is 0.400. The first kappa shape index (κ1) is 14.4. The summed E-state index contributed by atoms with van der Waals surface area (Å²) >= 11 is 0. The SMILES string of the molecule is CCCC(C#N)C(O)c1ccc(OC)c2ccccc12. The van der Waals surface area contributed by atoms with Crippen molar-refractivity contribution in [2.45, 2.75) is 25.9 Å². The van der Waals surface area contributed by atoms with Crippen LogP contribution in [0, 0.1) is 17.2 Å². The molecule has 0 aliphatic carbocycles. The first-order valence-electron chi connectivity index (χ1n) is 6.86. The highest BCUT2D eigenvalue weighted by molar-refractivity contribution is 5.91. The van der Waals surface area contributed by atoms with Gasteiger partial charge in [0.15, 0.2) is 0 Å². The lowest BCUT2D eigenvalue weighted by Gasteiger charge is -2.19. The van der Waals surface area contributed by atoms with Crippen LogP contribution in [0.15, 0.2) is 36.4 Å². The van der Waals surface area contributed by atoms with Crippen molar-refractivity contribution in [1.29, 1.82) is 5.26 Å². The molecule has 0 aliphatic heterocycles. The number of aliphatic hydroxyl groups excluding tert-OH is 1. The fourth-order valence-corrected chi connectivity index (χ4v) is 2.55. The number of fused-ring (bicyclic) bond motifs is 1. The van der Waals surface area contributed by atoms with Gasteiger partial charge >= 0.3 is 0 Å². The first-order chi connectivity index (χ1) is 9.72. The molecule has 0 spiro atoms. The topological polar surface area (TPSA) is 53.2 Å². The van der Waals surface area contributed by atoms with Crippen molar-refractivity contribution < 1.29 is 9.84 Å². The Hall–Kier alpha value is -2.05. The molecule has 0 aromatic heterocycles. The molecule has 0 amide bonds.